The fourth-order valence-corrected chi connectivity index (χ4v) is 0.961. The van der Waals surface area contributed by atoms with Crippen molar-refractivity contribution in [3.8, 4) is 0 Å². The van der Waals surface area contributed by atoms with Crippen LogP contribution in [0.15, 0.2) is 30.5 Å². The van der Waals surface area contributed by atoms with E-state index in [-0.39, 0.29) is 0 Å². The second-order valence-electron chi connectivity index (χ2n) is 2.63. The molecule has 1 aromatic heterocycles. The Morgan fingerprint density at radius 2 is 2.19 bits per heavy atom. The van der Waals surface area contributed by atoms with Gasteiger partial charge >= 0.3 is 6.09 Å². The molecule has 2 rings (SSSR count). The lowest BCUT2D eigenvalue weighted by Crippen LogP contribution is -2.26. The molecule has 0 fully saturated rings. The molecule has 3 N–H and O–H groups in total. The summed E-state index contributed by atoms with van der Waals surface area (Å²) in [6.45, 7) is 0. The Morgan fingerprint density at radius 1 is 1.50 bits per heavy atom. The Hall–Kier alpha value is -2.64. The SMILES string of the molecule is O=C(O)N[N+](=O)[O-].c1ccc2[nH]ncc2c1. The fourth-order valence-electron chi connectivity index (χ4n) is 0.961. The molecule has 0 aliphatic heterocycles. The van der Waals surface area contributed by atoms with Gasteiger partial charge in [-0.1, -0.05) is 18.2 Å². The summed E-state index contributed by atoms with van der Waals surface area (Å²) >= 11 is 0. The molecule has 16 heavy (non-hydrogen) atoms. The van der Waals surface area contributed by atoms with E-state index < -0.39 is 11.1 Å². The van der Waals surface area contributed by atoms with E-state index >= 15 is 0 Å². The van der Waals surface area contributed by atoms with E-state index in [1.165, 1.54) is 0 Å². The third kappa shape index (κ3) is 3.62. The number of rotatable bonds is 1. The number of aromatic nitrogens is 2. The first-order valence-electron chi connectivity index (χ1n) is 4.11. The van der Waals surface area contributed by atoms with Gasteiger partial charge in [0.25, 0.3) is 0 Å². The van der Waals surface area contributed by atoms with E-state index in [1.54, 1.807) is 0 Å². The van der Waals surface area contributed by atoms with Gasteiger partial charge in [0.05, 0.1) is 11.7 Å². The molecule has 0 aliphatic carbocycles. The van der Waals surface area contributed by atoms with Crippen LogP contribution in [-0.4, -0.2) is 26.4 Å². The number of benzene rings is 1. The van der Waals surface area contributed by atoms with Crippen molar-refractivity contribution in [1.29, 1.82) is 0 Å². The molecule has 0 radical (unpaired) electrons. The minimum Gasteiger partial charge on any atom is -0.461 e. The molecule has 1 amide bonds. The molecule has 8 heteroatoms. The summed E-state index contributed by atoms with van der Waals surface area (Å²) < 4.78 is 0. The van der Waals surface area contributed by atoms with Crippen LogP contribution in [0.25, 0.3) is 10.9 Å². The molecule has 0 saturated heterocycles. The molecule has 0 bridgehead atoms. The lowest BCUT2D eigenvalue weighted by Gasteiger charge is -1.81. The van der Waals surface area contributed by atoms with Gasteiger partial charge in [-0.3, -0.25) is 5.10 Å². The Balaban J connectivity index is 0.000000168. The number of hydrogen-bond donors (Lipinski definition) is 3. The maximum Gasteiger partial charge on any atom is 0.463 e. The highest BCUT2D eigenvalue weighted by atomic mass is 16.7. The average molecular weight is 224 g/mol. The molecule has 0 aliphatic rings. The van der Waals surface area contributed by atoms with E-state index in [1.807, 2.05) is 30.5 Å². The Kier molecular flexibility index (Phi) is 3.78. The molecule has 2 aromatic rings. The zero-order valence-electron chi connectivity index (χ0n) is 7.95. The number of fused-ring (bicyclic) bond motifs is 1. The van der Waals surface area contributed by atoms with E-state index in [0.717, 1.165) is 16.3 Å². The van der Waals surface area contributed by atoms with Crippen LogP contribution in [0, 0.1) is 10.1 Å². The first-order chi connectivity index (χ1) is 7.59. The topological polar surface area (TPSA) is 121 Å². The van der Waals surface area contributed by atoms with Crippen molar-refractivity contribution < 1.29 is 14.9 Å². The summed E-state index contributed by atoms with van der Waals surface area (Å²) in [4.78, 5) is 18.4. The predicted octanol–water partition coefficient (Wildman–Crippen LogP) is 1.01. The second kappa shape index (κ2) is 5.29. The quantitative estimate of drug-likeness (QED) is 0.493. The lowest BCUT2D eigenvalue weighted by atomic mass is 10.3. The summed E-state index contributed by atoms with van der Waals surface area (Å²) in [6, 6.07) is 8.01. The maximum absolute atomic E-state index is 9.26. The Bertz CT molecular complexity index is 453. The number of hydrogen-bond acceptors (Lipinski definition) is 4. The minimum absolute atomic E-state index is 0.944. The van der Waals surface area contributed by atoms with Gasteiger partial charge in [0.2, 0.25) is 0 Å². The zero-order chi connectivity index (χ0) is 12.0. The van der Waals surface area contributed by atoms with Crippen molar-refractivity contribution in [2.75, 3.05) is 0 Å². The highest BCUT2D eigenvalue weighted by Crippen LogP contribution is 2.06. The van der Waals surface area contributed by atoms with Crippen molar-refractivity contribution in [2.45, 2.75) is 0 Å². The van der Waals surface area contributed by atoms with Crippen LogP contribution < -0.4 is 5.43 Å². The fraction of sp³-hybridized carbons (Fsp3) is 0. The number of carboxylic acid groups (broad SMARTS) is 1. The second-order valence-corrected chi connectivity index (χ2v) is 2.63. The molecule has 1 aromatic carbocycles. The predicted molar refractivity (Wildman–Crippen MR) is 54.2 cm³/mol. The largest absolute Gasteiger partial charge is 0.463 e. The minimum atomic E-state index is -1.66. The molecule has 0 saturated carbocycles. The van der Waals surface area contributed by atoms with Gasteiger partial charge in [-0.15, -0.1) is 0 Å². The summed E-state index contributed by atoms with van der Waals surface area (Å²) in [7, 11) is 0. The third-order valence-corrected chi connectivity index (χ3v) is 1.54. The van der Waals surface area contributed by atoms with Crippen LogP contribution in [0.5, 0.6) is 0 Å². The molecular weight excluding hydrogens is 216 g/mol. The first kappa shape index (κ1) is 11.4. The van der Waals surface area contributed by atoms with Crippen LogP contribution in [0.4, 0.5) is 4.79 Å². The molecule has 8 nitrogen and oxygen atoms in total. The van der Waals surface area contributed by atoms with Crippen molar-refractivity contribution in [2.24, 2.45) is 0 Å². The van der Waals surface area contributed by atoms with E-state index in [2.05, 4.69) is 10.2 Å². The molecule has 84 valence electrons. The Labute approximate surface area is 89.0 Å². The van der Waals surface area contributed by atoms with Gasteiger partial charge in [0.15, 0.2) is 5.03 Å². The van der Waals surface area contributed by atoms with E-state index in [0.29, 0.717) is 0 Å². The third-order valence-electron chi connectivity index (χ3n) is 1.54. The first-order valence-corrected chi connectivity index (χ1v) is 4.11. The zero-order valence-corrected chi connectivity index (χ0v) is 7.95. The number of amides is 1. The number of carbonyl (C=O) groups is 1. The van der Waals surface area contributed by atoms with Crippen molar-refractivity contribution in [1.82, 2.24) is 15.6 Å². The highest BCUT2D eigenvalue weighted by molar-refractivity contribution is 5.77. The molecule has 1 heterocycles. The summed E-state index contributed by atoms with van der Waals surface area (Å²) in [5, 5.41) is 23.4. The van der Waals surface area contributed by atoms with E-state index in [4.69, 9.17) is 15.2 Å². The number of para-hydroxylation sites is 1. The smallest absolute Gasteiger partial charge is 0.461 e. The van der Waals surface area contributed by atoms with Crippen LogP contribution in [0.3, 0.4) is 0 Å². The summed E-state index contributed by atoms with van der Waals surface area (Å²) in [5.74, 6) is 0. The van der Waals surface area contributed by atoms with Crippen LogP contribution in [0.1, 0.15) is 0 Å². The average Bonchev–Trinajstić information content (AvgIpc) is 2.63. The van der Waals surface area contributed by atoms with Gasteiger partial charge in [-0.2, -0.15) is 5.10 Å². The number of H-pyrrole nitrogens is 1. The van der Waals surface area contributed by atoms with Gasteiger partial charge in [0, 0.05) is 5.39 Å². The molecular formula is C8H8N4O4. The van der Waals surface area contributed by atoms with Crippen LogP contribution in [-0.2, 0) is 0 Å². The van der Waals surface area contributed by atoms with Crippen LogP contribution in [0.2, 0.25) is 0 Å². The number of hydrazine groups is 1. The number of nitrogens with one attached hydrogen (secondary N) is 2. The van der Waals surface area contributed by atoms with Crippen molar-refractivity contribution in [3.63, 3.8) is 0 Å². The number of nitro groups is 1. The summed E-state index contributed by atoms with van der Waals surface area (Å²) in [6.07, 6.45) is 0.153. The maximum atomic E-state index is 9.26. The van der Waals surface area contributed by atoms with Gasteiger partial charge in [-0.25, -0.2) is 14.9 Å². The monoisotopic (exact) mass is 224 g/mol. The molecule has 0 atom stereocenters. The van der Waals surface area contributed by atoms with Crippen LogP contribution >= 0.6 is 0 Å². The van der Waals surface area contributed by atoms with Crippen molar-refractivity contribution in [3.05, 3.63) is 40.6 Å². The Morgan fingerprint density at radius 3 is 2.69 bits per heavy atom. The standard InChI is InChI=1S/C7H6N2.CH2N2O4/c1-2-4-7-6(3-1)5-8-9-7;4-1(5)2-3(6)7/h1-5H,(H,8,9);2H,(H,4,5). The van der Waals surface area contributed by atoms with Gasteiger partial charge in [-0.05, 0) is 11.5 Å². The lowest BCUT2D eigenvalue weighted by molar-refractivity contribution is -0.529. The summed E-state index contributed by atoms with van der Waals surface area (Å²) in [5.41, 5.74) is 2.04. The molecule has 0 unspecified atom stereocenters. The highest BCUT2D eigenvalue weighted by Gasteiger charge is 1.98. The normalized spacial score (nSPS) is 9.00. The van der Waals surface area contributed by atoms with Gasteiger partial charge < -0.3 is 5.11 Å². The van der Waals surface area contributed by atoms with Crippen molar-refractivity contribution >= 4 is 17.0 Å². The number of nitrogens with zero attached hydrogens (tertiary/aromatic N) is 2. The van der Waals surface area contributed by atoms with E-state index in [9.17, 15) is 4.79 Å². The van der Waals surface area contributed by atoms with Gasteiger partial charge in [0.1, 0.15) is 0 Å². The number of aromatic amines is 1. The molecule has 0 spiro atoms.